The second kappa shape index (κ2) is 5.83. The zero-order valence-corrected chi connectivity index (χ0v) is 12.0. The van der Waals surface area contributed by atoms with Crippen molar-refractivity contribution in [3.05, 3.63) is 22.3 Å². The molecule has 2 heterocycles. The van der Waals surface area contributed by atoms with Gasteiger partial charge in [-0.3, -0.25) is 0 Å². The Balaban J connectivity index is 1.95. The summed E-state index contributed by atoms with van der Waals surface area (Å²) in [5.74, 6) is 1.54. The van der Waals surface area contributed by atoms with E-state index in [0.29, 0.717) is 12.0 Å². The second-order valence-electron chi connectivity index (χ2n) is 4.54. The molecule has 2 atom stereocenters. The van der Waals surface area contributed by atoms with E-state index in [1.165, 1.54) is 5.56 Å². The van der Waals surface area contributed by atoms with Crippen molar-refractivity contribution in [1.82, 2.24) is 4.98 Å². The van der Waals surface area contributed by atoms with Crippen molar-refractivity contribution < 1.29 is 4.74 Å². The molecule has 1 aromatic heterocycles. The third-order valence-electron chi connectivity index (χ3n) is 3.36. The maximum absolute atomic E-state index is 5.68. The molecule has 1 N–H and O–H groups in total. The molecule has 0 aliphatic carbocycles. The molecule has 2 rings (SSSR count). The van der Waals surface area contributed by atoms with Crippen LogP contribution in [0.25, 0.3) is 0 Å². The molecule has 2 unspecified atom stereocenters. The number of pyridine rings is 1. The first-order valence-corrected chi connectivity index (χ1v) is 6.98. The Labute approximate surface area is 111 Å². The molecule has 94 valence electrons. The number of aromatic nitrogens is 1. The predicted octanol–water partition coefficient (Wildman–Crippen LogP) is 3.38. The van der Waals surface area contributed by atoms with Gasteiger partial charge < -0.3 is 10.1 Å². The van der Waals surface area contributed by atoms with Crippen molar-refractivity contribution in [1.29, 1.82) is 0 Å². The van der Waals surface area contributed by atoms with Crippen LogP contribution in [-0.2, 0) is 4.74 Å². The summed E-state index contributed by atoms with van der Waals surface area (Å²) < 4.78 is 6.75. The lowest BCUT2D eigenvalue weighted by Crippen LogP contribution is -2.23. The lowest BCUT2D eigenvalue weighted by Gasteiger charge is -2.18. The summed E-state index contributed by atoms with van der Waals surface area (Å²) in [5.41, 5.74) is 1.21. The molecule has 1 fully saturated rings. The minimum atomic E-state index is 0.408. The number of ether oxygens (including phenoxy) is 1. The average Bonchev–Trinajstić information content (AvgIpc) is 2.78. The van der Waals surface area contributed by atoms with Crippen LogP contribution in [0, 0.1) is 12.8 Å². The fourth-order valence-electron chi connectivity index (χ4n) is 2.27. The summed E-state index contributed by atoms with van der Waals surface area (Å²) >= 11 is 3.57. The van der Waals surface area contributed by atoms with Crippen LogP contribution in [0.1, 0.15) is 25.3 Å². The van der Waals surface area contributed by atoms with Crippen LogP contribution in [0.2, 0.25) is 0 Å². The lowest BCUT2D eigenvalue weighted by atomic mass is 10.00. The smallest absolute Gasteiger partial charge is 0.140 e. The average molecular weight is 299 g/mol. The molecule has 0 amide bonds. The Hall–Kier alpha value is -0.610. The van der Waals surface area contributed by atoms with Crippen LogP contribution in [0.4, 0.5) is 5.82 Å². The van der Waals surface area contributed by atoms with Gasteiger partial charge in [0.1, 0.15) is 5.82 Å². The highest BCUT2D eigenvalue weighted by Crippen LogP contribution is 2.26. The Morgan fingerprint density at radius 1 is 1.59 bits per heavy atom. The van der Waals surface area contributed by atoms with Crippen molar-refractivity contribution in [3.63, 3.8) is 0 Å². The van der Waals surface area contributed by atoms with Crippen LogP contribution in [0.3, 0.4) is 0 Å². The van der Waals surface area contributed by atoms with E-state index in [4.69, 9.17) is 4.74 Å². The fraction of sp³-hybridized carbons (Fsp3) is 0.615. The lowest BCUT2D eigenvalue weighted by molar-refractivity contribution is 0.0900. The molecule has 0 saturated carbocycles. The molecule has 0 spiro atoms. The van der Waals surface area contributed by atoms with E-state index in [1.54, 1.807) is 0 Å². The molecule has 1 saturated heterocycles. The summed E-state index contributed by atoms with van der Waals surface area (Å²) in [6.07, 6.45) is 4.49. The van der Waals surface area contributed by atoms with Gasteiger partial charge >= 0.3 is 0 Å². The zero-order valence-electron chi connectivity index (χ0n) is 10.4. The Morgan fingerprint density at radius 3 is 3.18 bits per heavy atom. The summed E-state index contributed by atoms with van der Waals surface area (Å²) in [4.78, 5) is 4.35. The highest BCUT2D eigenvalue weighted by Gasteiger charge is 2.26. The largest absolute Gasteiger partial charge is 0.378 e. The van der Waals surface area contributed by atoms with Crippen LogP contribution in [0.15, 0.2) is 16.7 Å². The fourth-order valence-corrected chi connectivity index (χ4v) is 2.64. The Bertz CT molecular complexity index is 384. The maximum atomic E-state index is 5.68. The first-order valence-electron chi connectivity index (χ1n) is 6.19. The third-order valence-corrected chi connectivity index (χ3v) is 4.36. The number of hydrogen-bond acceptors (Lipinski definition) is 3. The molecule has 1 aliphatic rings. The van der Waals surface area contributed by atoms with Gasteiger partial charge in [-0.15, -0.1) is 0 Å². The predicted molar refractivity (Wildman–Crippen MR) is 73.3 cm³/mol. The number of hydrogen-bond donors (Lipinski definition) is 1. The SMILES string of the molecule is CCC1OCCC1CNc1nccc(C)c1Br. The summed E-state index contributed by atoms with van der Waals surface area (Å²) in [6.45, 7) is 6.09. The van der Waals surface area contributed by atoms with E-state index < -0.39 is 0 Å². The normalized spacial score (nSPS) is 23.9. The van der Waals surface area contributed by atoms with Crippen LogP contribution < -0.4 is 5.32 Å². The molecular formula is C13H19BrN2O. The minimum Gasteiger partial charge on any atom is -0.378 e. The molecule has 1 aliphatic heterocycles. The summed E-state index contributed by atoms with van der Waals surface area (Å²) in [5, 5.41) is 3.42. The maximum Gasteiger partial charge on any atom is 0.140 e. The van der Waals surface area contributed by atoms with Crippen molar-refractivity contribution >= 4 is 21.7 Å². The number of aryl methyl sites for hydroxylation is 1. The number of nitrogens with zero attached hydrogens (tertiary/aromatic N) is 1. The summed E-state index contributed by atoms with van der Waals surface area (Å²) in [6, 6.07) is 2.00. The zero-order chi connectivity index (χ0) is 12.3. The van der Waals surface area contributed by atoms with Gasteiger partial charge in [0.25, 0.3) is 0 Å². The monoisotopic (exact) mass is 298 g/mol. The first kappa shape index (κ1) is 12.8. The minimum absolute atomic E-state index is 0.408. The van der Waals surface area contributed by atoms with Crippen molar-refractivity contribution in [2.24, 2.45) is 5.92 Å². The van der Waals surface area contributed by atoms with Gasteiger partial charge in [-0.1, -0.05) is 6.92 Å². The molecule has 4 heteroatoms. The first-order chi connectivity index (χ1) is 8.22. The third kappa shape index (κ3) is 2.99. The van der Waals surface area contributed by atoms with Crippen molar-refractivity contribution in [3.8, 4) is 0 Å². The van der Waals surface area contributed by atoms with E-state index in [0.717, 1.165) is 36.3 Å². The van der Waals surface area contributed by atoms with Crippen LogP contribution in [-0.4, -0.2) is 24.2 Å². The number of anilines is 1. The number of halogens is 1. The van der Waals surface area contributed by atoms with Gasteiger partial charge in [0.05, 0.1) is 10.6 Å². The van der Waals surface area contributed by atoms with Gasteiger partial charge in [0.2, 0.25) is 0 Å². The number of rotatable bonds is 4. The number of nitrogens with one attached hydrogen (secondary N) is 1. The van der Waals surface area contributed by atoms with Crippen LogP contribution >= 0.6 is 15.9 Å². The van der Waals surface area contributed by atoms with Gasteiger partial charge in [0, 0.05) is 25.3 Å². The Kier molecular flexibility index (Phi) is 4.40. The topological polar surface area (TPSA) is 34.1 Å². The molecule has 0 bridgehead atoms. The molecular weight excluding hydrogens is 280 g/mol. The van der Waals surface area contributed by atoms with Gasteiger partial charge in [-0.05, 0) is 47.3 Å². The second-order valence-corrected chi connectivity index (χ2v) is 5.33. The van der Waals surface area contributed by atoms with Gasteiger partial charge in [-0.25, -0.2) is 4.98 Å². The van der Waals surface area contributed by atoms with E-state index in [2.05, 4.69) is 40.1 Å². The molecule has 3 nitrogen and oxygen atoms in total. The molecule has 17 heavy (non-hydrogen) atoms. The quantitative estimate of drug-likeness (QED) is 0.925. The summed E-state index contributed by atoms with van der Waals surface area (Å²) in [7, 11) is 0. The van der Waals surface area contributed by atoms with E-state index in [9.17, 15) is 0 Å². The van der Waals surface area contributed by atoms with Crippen molar-refractivity contribution in [2.45, 2.75) is 32.8 Å². The van der Waals surface area contributed by atoms with E-state index >= 15 is 0 Å². The van der Waals surface area contributed by atoms with E-state index in [-0.39, 0.29) is 0 Å². The van der Waals surface area contributed by atoms with Gasteiger partial charge in [-0.2, -0.15) is 0 Å². The standard InChI is InChI=1S/C13H19BrN2O/c1-3-11-10(5-7-17-11)8-16-13-12(14)9(2)4-6-15-13/h4,6,10-11H,3,5,7-8H2,1-2H3,(H,15,16). The van der Waals surface area contributed by atoms with E-state index in [1.807, 2.05) is 12.3 Å². The Morgan fingerprint density at radius 2 is 2.41 bits per heavy atom. The van der Waals surface area contributed by atoms with Gasteiger partial charge in [0.15, 0.2) is 0 Å². The molecule has 1 aromatic rings. The van der Waals surface area contributed by atoms with Crippen molar-refractivity contribution in [2.75, 3.05) is 18.5 Å². The molecule has 0 aromatic carbocycles. The highest BCUT2D eigenvalue weighted by atomic mass is 79.9. The highest BCUT2D eigenvalue weighted by molar-refractivity contribution is 9.10. The molecule has 0 radical (unpaired) electrons. The van der Waals surface area contributed by atoms with Crippen LogP contribution in [0.5, 0.6) is 0 Å².